The van der Waals surface area contributed by atoms with Gasteiger partial charge in [-0.1, -0.05) is 12.1 Å². The maximum absolute atomic E-state index is 12.1. The Morgan fingerprint density at radius 3 is 2.78 bits per heavy atom. The zero-order chi connectivity index (χ0) is 19.3. The number of nitrogens with one attached hydrogen (secondary N) is 2. The summed E-state index contributed by atoms with van der Waals surface area (Å²) in [5.41, 5.74) is 10.8. The van der Waals surface area contributed by atoms with Crippen LogP contribution in [-0.2, 0) is 0 Å². The van der Waals surface area contributed by atoms with Gasteiger partial charge in [0.2, 0.25) is 0 Å². The van der Waals surface area contributed by atoms with Gasteiger partial charge in [-0.05, 0) is 32.4 Å². The molecule has 3 heterocycles. The average molecular weight is 363 g/mol. The predicted molar refractivity (Wildman–Crippen MR) is 106 cm³/mol. The highest BCUT2D eigenvalue weighted by atomic mass is 16.1. The van der Waals surface area contributed by atoms with Gasteiger partial charge in [-0.25, -0.2) is 14.6 Å². The summed E-state index contributed by atoms with van der Waals surface area (Å²) in [5.74, 6) is 0.258. The van der Waals surface area contributed by atoms with Crippen LogP contribution in [0, 0.1) is 6.92 Å². The summed E-state index contributed by atoms with van der Waals surface area (Å²) in [7, 11) is 1.62. The average Bonchev–Trinajstić information content (AvgIpc) is 3.20. The Morgan fingerprint density at radius 2 is 2.07 bits per heavy atom. The molecule has 8 nitrogen and oxygen atoms in total. The maximum Gasteiger partial charge on any atom is 0.267 e. The third-order valence-electron chi connectivity index (χ3n) is 4.79. The summed E-state index contributed by atoms with van der Waals surface area (Å²) in [5, 5.41) is 9.14. The summed E-state index contributed by atoms with van der Waals surface area (Å²) < 4.78 is 1.85. The summed E-state index contributed by atoms with van der Waals surface area (Å²) in [6.07, 6.45) is 1.45. The molecule has 0 fully saturated rings. The number of aryl methyl sites for hydroxylation is 1. The van der Waals surface area contributed by atoms with Crippen molar-refractivity contribution in [3.8, 4) is 11.3 Å². The first-order valence-corrected chi connectivity index (χ1v) is 8.75. The lowest BCUT2D eigenvalue weighted by molar-refractivity contribution is 0.0958. The van der Waals surface area contributed by atoms with Crippen molar-refractivity contribution >= 4 is 33.7 Å². The SMILES string of the molecule is CNC(=O)c1[nH]c2cc(-c3nn(C(C)C)c4ncnc(N)c34)ccc2c1C. The topological polar surface area (TPSA) is 115 Å². The van der Waals surface area contributed by atoms with Crippen LogP contribution in [0.3, 0.4) is 0 Å². The molecule has 0 radical (unpaired) electrons. The molecular formula is C19H21N7O. The molecule has 0 aliphatic heterocycles. The van der Waals surface area contributed by atoms with Gasteiger partial charge >= 0.3 is 0 Å². The van der Waals surface area contributed by atoms with Crippen LogP contribution in [0.5, 0.6) is 0 Å². The van der Waals surface area contributed by atoms with E-state index in [4.69, 9.17) is 10.8 Å². The highest BCUT2D eigenvalue weighted by Gasteiger charge is 2.20. The highest BCUT2D eigenvalue weighted by molar-refractivity contribution is 6.03. The molecule has 8 heteroatoms. The lowest BCUT2D eigenvalue weighted by Crippen LogP contribution is -2.18. The molecule has 0 aliphatic carbocycles. The van der Waals surface area contributed by atoms with Gasteiger partial charge in [0.1, 0.15) is 23.5 Å². The van der Waals surface area contributed by atoms with Crippen LogP contribution in [0.15, 0.2) is 24.5 Å². The molecule has 0 saturated heterocycles. The number of nitrogen functional groups attached to an aromatic ring is 1. The second kappa shape index (κ2) is 6.08. The molecule has 1 amide bonds. The smallest absolute Gasteiger partial charge is 0.267 e. The molecule has 0 aliphatic rings. The lowest BCUT2D eigenvalue weighted by Gasteiger charge is -2.05. The van der Waals surface area contributed by atoms with E-state index in [1.807, 2.05) is 43.7 Å². The Hall–Kier alpha value is -3.42. The van der Waals surface area contributed by atoms with E-state index in [2.05, 4.69) is 20.3 Å². The number of hydrogen-bond acceptors (Lipinski definition) is 5. The molecular weight excluding hydrogens is 342 g/mol. The summed E-state index contributed by atoms with van der Waals surface area (Å²) in [6.45, 7) is 6.02. The van der Waals surface area contributed by atoms with Crippen molar-refractivity contribution in [3.63, 3.8) is 0 Å². The number of rotatable bonds is 3. The van der Waals surface area contributed by atoms with Crippen molar-refractivity contribution < 1.29 is 4.79 Å². The standard InChI is InChI=1S/C19H21N7O/c1-9(2)26-18-14(17(20)22-8-23-18)16(25-26)11-5-6-12-10(3)15(19(27)21-4)24-13(12)7-11/h5-9,24H,1-4H3,(H,21,27)(H2,20,22,23). The molecule has 0 saturated carbocycles. The largest absolute Gasteiger partial charge is 0.383 e. The van der Waals surface area contributed by atoms with Crippen molar-refractivity contribution in [2.45, 2.75) is 26.8 Å². The van der Waals surface area contributed by atoms with Crippen LogP contribution in [0.1, 0.15) is 35.9 Å². The molecule has 0 spiro atoms. The van der Waals surface area contributed by atoms with Gasteiger partial charge in [-0.2, -0.15) is 5.10 Å². The van der Waals surface area contributed by atoms with Crippen molar-refractivity contribution in [2.24, 2.45) is 0 Å². The Kier molecular flexibility index (Phi) is 3.83. The van der Waals surface area contributed by atoms with E-state index in [0.29, 0.717) is 17.2 Å². The number of carbonyl (C=O) groups excluding carboxylic acids is 1. The number of amides is 1. The predicted octanol–water partition coefficient (Wildman–Crippen LogP) is 2.81. The first-order valence-electron chi connectivity index (χ1n) is 8.75. The van der Waals surface area contributed by atoms with Crippen molar-refractivity contribution in [1.82, 2.24) is 30.0 Å². The van der Waals surface area contributed by atoms with Crippen molar-refractivity contribution in [1.29, 1.82) is 0 Å². The minimum atomic E-state index is -0.141. The first kappa shape index (κ1) is 17.0. The highest BCUT2D eigenvalue weighted by Crippen LogP contribution is 2.33. The summed E-state index contributed by atoms with van der Waals surface area (Å²) >= 11 is 0. The monoisotopic (exact) mass is 363 g/mol. The molecule has 0 bridgehead atoms. The van der Waals surface area contributed by atoms with Gasteiger partial charge in [0.05, 0.1) is 5.39 Å². The number of aromatic nitrogens is 5. The van der Waals surface area contributed by atoms with E-state index in [1.54, 1.807) is 7.05 Å². The zero-order valence-corrected chi connectivity index (χ0v) is 15.7. The molecule has 4 N–H and O–H groups in total. The van der Waals surface area contributed by atoms with Gasteiger partial charge < -0.3 is 16.0 Å². The number of benzene rings is 1. The second-order valence-electron chi connectivity index (χ2n) is 6.81. The fraction of sp³-hybridized carbons (Fsp3) is 0.263. The fourth-order valence-electron chi connectivity index (χ4n) is 3.39. The van der Waals surface area contributed by atoms with Gasteiger partial charge in [0, 0.05) is 29.6 Å². The second-order valence-corrected chi connectivity index (χ2v) is 6.81. The Labute approximate surface area is 155 Å². The normalized spacial score (nSPS) is 11.6. The van der Waals surface area contributed by atoms with E-state index in [9.17, 15) is 4.79 Å². The molecule has 27 heavy (non-hydrogen) atoms. The maximum atomic E-state index is 12.1. The third-order valence-corrected chi connectivity index (χ3v) is 4.79. The van der Waals surface area contributed by atoms with Crippen LogP contribution in [0.25, 0.3) is 33.2 Å². The van der Waals surface area contributed by atoms with Crippen LogP contribution in [0.2, 0.25) is 0 Å². The number of carbonyl (C=O) groups is 1. The van der Waals surface area contributed by atoms with E-state index >= 15 is 0 Å². The molecule has 138 valence electrons. The Morgan fingerprint density at radius 1 is 1.30 bits per heavy atom. The quantitative estimate of drug-likeness (QED) is 0.518. The van der Waals surface area contributed by atoms with Gasteiger partial charge in [-0.15, -0.1) is 0 Å². The van der Waals surface area contributed by atoms with Gasteiger partial charge in [-0.3, -0.25) is 4.79 Å². The van der Waals surface area contributed by atoms with Crippen LogP contribution in [0.4, 0.5) is 5.82 Å². The molecule has 3 aromatic heterocycles. The number of nitrogens with zero attached hydrogens (tertiary/aromatic N) is 4. The van der Waals surface area contributed by atoms with Crippen molar-refractivity contribution in [2.75, 3.05) is 12.8 Å². The number of anilines is 1. The third kappa shape index (κ3) is 2.52. The zero-order valence-electron chi connectivity index (χ0n) is 15.7. The van der Waals surface area contributed by atoms with Crippen molar-refractivity contribution in [3.05, 3.63) is 35.8 Å². The van der Waals surface area contributed by atoms with Gasteiger partial charge in [0.15, 0.2) is 5.65 Å². The summed E-state index contributed by atoms with van der Waals surface area (Å²) in [6, 6.07) is 6.08. The summed E-state index contributed by atoms with van der Waals surface area (Å²) in [4.78, 5) is 23.8. The molecule has 0 atom stereocenters. The number of fused-ring (bicyclic) bond motifs is 2. The minimum absolute atomic E-state index is 0.131. The fourth-order valence-corrected chi connectivity index (χ4v) is 3.39. The van der Waals surface area contributed by atoms with Gasteiger partial charge in [0.25, 0.3) is 5.91 Å². The number of nitrogens with two attached hydrogens (primary N) is 1. The van der Waals surface area contributed by atoms with E-state index < -0.39 is 0 Å². The lowest BCUT2D eigenvalue weighted by atomic mass is 10.1. The first-order chi connectivity index (χ1) is 12.9. The number of hydrogen-bond donors (Lipinski definition) is 3. The Balaban J connectivity index is 1.96. The molecule has 1 aromatic carbocycles. The minimum Gasteiger partial charge on any atom is -0.383 e. The van der Waals surface area contributed by atoms with Crippen LogP contribution in [-0.4, -0.2) is 37.7 Å². The molecule has 0 unspecified atom stereocenters. The van der Waals surface area contributed by atoms with Crippen LogP contribution >= 0.6 is 0 Å². The van der Waals surface area contributed by atoms with E-state index in [0.717, 1.165) is 33.1 Å². The van der Waals surface area contributed by atoms with E-state index in [-0.39, 0.29) is 11.9 Å². The Bertz CT molecular complexity index is 1190. The molecule has 4 rings (SSSR count). The number of H-pyrrole nitrogens is 1. The number of aromatic amines is 1. The molecule has 4 aromatic rings. The van der Waals surface area contributed by atoms with Crippen LogP contribution < -0.4 is 11.1 Å². The van der Waals surface area contributed by atoms with E-state index in [1.165, 1.54) is 6.33 Å².